The van der Waals surface area contributed by atoms with E-state index in [1.807, 2.05) is 18.0 Å². The van der Waals surface area contributed by atoms with Crippen molar-refractivity contribution >= 4 is 21.6 Å². The van der Waals surface area contributed by atoms with Gasteiger partial charge in [-0.05, 0) is 87.9 Å². The highest BCUT2D eigenvalue weighted by Gasteiger charge is 2.33. The molecule has 1 aliphatic carbocycles. The zero-order chi connectivity index (χ0) is 29.0. The van der Waals surface area contributed by atoms with Crippen molar-refractivity contribution in [3.05, 3.63) is 59.4 Å². The maximum atomic E-state index is 13.6. The lowest BCUT2D eigenvalue weighted by Gasteiger charge is -2.43. The minimum Gasteiger partial charge on any atom is -0.383 e. The molecule has 0 spiro atoms. The summed E-state index contributed by atoms with van der Waals surface area (Å²) in [5, 5.41) is 3.64. The standard InChI is InChI=1S/C32H47N5O3S/c1-24-30(22-33-23-31(24)34-21-25-8-7-11-27(20-25)26-9-5-4-6-10-26)32(38)37-18-14-29(15-19-37)36-16-12-28(13-17-36)35(2)41(3,39)40/h4-6,9-10,22-23,25,27-29,34H,7-8,11-21H2,1-3H3/t25-,27+/m0/s1. The third-order valence-electron chi connectivity index (χ3n) is 9.89. The van der Waals surface area contributed by atoms with Crippen LogP contribution in [0.5, 0.6) is 0 Å². The zero-order valence-electron chi connectivity index (χ0n) is 25.0. The van der Waals surface area contributed by atoms with Crippen LogP contribution in [-0.2, 0) is 10.0 Å². The molecular weight excluding hydrogens is 534 g/mol. The molecule has 3 fully saturated rings. The molecule has 0 radical (unpaired) electrons. The monoisotopic (exact) mass is 581 g/mol. The molecule has 5 rings (SSSR count). The molecule has 2 atom stereocenters. The van der Waals surface area contributed by atoms with Crippen LogP contribution in [0, 0.1) is 12.8 Å². The third kappa shape index (κ3) is 7.30. The van der Waals surface area contributed by atoms with E-state index in [0.717, 1.165) is 69.7 Å². The number of carbonyl (C=O) groups excluding carboxylic acids is 1. The number of piperidine rings is 2. The van der Waals surface area contributed by atoms with Crippen LogP contribution in [-0.4, -0.2) is 91.5 Å². The van der Waals surface area contributed by atoms with Gasteiger partial charge in [0.05, 0.1) is 23.7 Å². The highest BCUT2D eigenvalue weighted by molar-refractivity contribution is 7.88. The molecule has 2 aliphatic heterocycles. The van der Waals surface area contributed by atoms with Crippen LogP contribution in [0.4, 0.5) is 5.69 Å². The first kappa shape index (κ1) is 30.0. The number of rotatable bonds is 8. The second-order valence-corrected chi connectivity index (χ2v) is 14.5. The van der Waals surface area contributed by atoms with Gasteiger partial charge in [-0.3, -0.25) is 9.78 Å². The van der Waals surface area contributed by atoms with Crippen LogP contribution < -0.4 is 5.32 Å². The lowest BCUT2D eigenvalue weighted by atomic mass is 9.78. The number of benzene rings is 1. The number of anilines is 1. The number of amides is 1. The normalized spacial score (nSPS) is 23.6. The van der Waals surface area contributed by atoms with Gasteiger partial charge in [0, 0.05) is 45.0 Å². The van der Waals surface area contributed by atoms with Crippen molar-refractivity contribution < 1.29 is 13.2 Å². The number of hydrogen-bond acceptors (Lipinski definition) is 6. The van der Waals surface area contributed by atoms with Gasteiger partial charge < -0.3 is 15.1 Å². The van der Waals surface area contributed by atoms with E-state index in [1.54, 1.807) is 13.2 Å². The number of nitrogens with zero attached hydrogens (tertiary/aromatic N) is 4. The predicted molar refractivity (Wildman–Crippen MR) is 165 cm³/mol. The number of nitrogens with one attached hydrogen (secondary N) is 1. The summed E-state index contributed by atoms with van der Waals surface area (Å²) in [6.07, 6.45) is 13.5. The predicted octanol–water partition coefficient (Wildman–Crippen LogP) is 4.74. The molecular formula is C32H47N5O3S. The van der Waals surface area contributed by atoms with Crippen molar-refractivity contribution in [2.75, 3.05) is 51.3 Å². The van der Waals surface area contributed by atoms with Crippen molar-refractivity contribution in [1.82, 2.24) is 19.1 Å². The molecule has 8 nitrogen and oxygen atoms in total. The molecule has 9 heteroatoms. The molecule has 1 N–H and O–H groups in total. The summed E-state index contributed by atoms with van der Waals surface area (Å²) in [5.74, 6) is 1.32. The van der Waals surface area contributed by atoms with Gasteiger partial charge in [0.25, 0.3) is 5.91 Å². The summed E-state index contributed by atoms with van der Waals surface area (Å²) in [4.78, 5) is 22.5. The molecule has 1 amide bonds. The van der Waals surface area contributed by atoms with Gasteiger partial charge in [0.2, 0.25) is 10.0 Å². The summed E-state index contributed by atoms with van der Waals surface area (Å²) >= 11 is 0. The van der Waals surface area contributed by atoms with Gasteiger partial charge >= 0.3 is 0 Å². The number of likely N-dealkylation sites (tertiary alicyclic amines) is 2. The molecule has 1 saturated carbocycles. The summed E-state index contributed by atoms with van der Waals surface area (Å²) in [6.45, 7) is 6.25. The molecule has 3 heterocycles. The Bertz CT molecular complexity index is 1270. The number of sulfonamides is 1. The van der Waals surface area contributed by atoms with E-state index in [0.29, 0.717) is 23.4 Å². The Morgan fingerprint density at radius 3 is 2.39 bits per heavy atom. The topological polar surface area (TPSA) is 85.8 Å². The average Bonchev–Trinajstić information content (AvgIpc) is 3.00. The van der Waals surface area contributed by atoms with Crippen LogP contribution in [0.25, 0.3) is 0 Å². The summed E-state index contributed by atoms with van der Waals surface area (Å²) in [6, 6.07) is 11.4. The Hall–Kier alpha value is -2.49. The van der Waals surface area contributed by atoms with E-state index < -0.39 is 10.0 Å². The molecule has 41 heavy (non-hydrogen) atoms. The first-order valence-electron chi connectivity index (χ1n) is 15.4. The third-order valence-corrected chi connectivity index (χ3v) is 11.2. The summed E-state index contributed by atoms with van der Waals surface area (Å²) < 4.78 is 25.4. The fraction of sp³-hybridized carbons (Fsp3) is 0.625. The van der Waals surface area contributed by atoms with Crippen LogP contribution in [0.2, 0.25) is 0 Å². The smallest absolute Gasteiger partial charge is 0.255 e. The number of aromatic nitrogens is 1. The van der Waals surface area contributed by atoms with Crippen LogP contribution in [0.15, 0.2) is 42.7 Å². The molecule has 0 bridgehead atoms. The van der Waals surface area contributed by atoms with Crippen LogP contribution in [0.1, 0.15) is 78.8 Å². The minimum absolute atomic E-state index is 0.0763. The first-order valence-corrected chi connectivity index (χ1v) is 17.2. The van der Waals surface area contributed by atoms with Crippen molar-refractivity contribution in [2.24, 2.45) is 5.92 Å². The second kappa shape index (κ2) is 13.2. The Balaban J connectivity index is 1.11. The molecule has 224 valence electrons. The molecule has 0 unspecified atom stereocenters. The molecule has 1 aromatic carbocycles. The fourth-order valence-corrected chi connectivity index (χ4v) is 7.92. The van der Waals surface area contributed by atoms with Crippen molar-refractivity contribution in [1.29, 1.82) is 0 Å². The average molecular weight is 582 g/mol. The molecule has 2 saturated heterocycles. The maximum absolute atomic E-state index is 13.6. The molecule has 2 aromatic rings. The largest absolute Gasteiger partial charge is 0.383 e. The minimum atomic E-state index is -3.16. The van der Waals surface area contributed by atoms with E-state index in [4.69, 9.17) is 0 Å². The van der Waals surface area contributed by atoms with Gasteiger partial charge in [0.1, 0.15) is 0 Å². The zero-order valence-corrected chi connectivity index (χ0v) is 25.8. The number of hydrogen-bond donors (Lipinski definition) is 1. The Morgan fingerprint density at radius 2 is 1.71 bits per heavy atom. The van der Waals surface area contributed by atoms with E-state index in [-0.39, 0.29) is 11.9 Å². The van der Waals surface area contributed by atoms with Crippen LogP contribution >= 0.6 is 0 Å². The van der Waals surface area contributed by atoms with Crippen LogP contribution in [0.3, 0.4) is 0 Å². The Morgan fingerprint density at radius 1 is 1.00 bits per heavy atom. The highest BCUT2D eigenvalue weighted by Crippen LogP contribution is 2.36. The summed E-state index contributed by atoms with van der Waals surface area (Å²) in [7, 11) is -1.46. The lowest BCUT2D eigenvalue weighted by Crippen LogP contribution is -2.52. The fourth-order valence-electron chi connectivity index (χ4n) is 7.17. The van der Waals surface area contributed by atoms with E-state index >= 15 is 0 Å². The van der Waals surface area contributed by atoms with Crippen molar-refractivity contribution in [2.45, 2.75) is 76.3 Å². The van der Waals surface area contributed by atoms with Crippen molar-refractivity contribution in [3.8, 4) is 0 Å². The number of pyridine rings is 1. The first-order chi connectivity index (χ1) is 19.7. The summed E-state index contributed by atoms with van der Waals surface area (Å²) in [5.41, 5.74) is 4.11. The Labute approximate surface area is 246 Å². The van der Waals surface area contributed by atoms with E-state index in [9.17, 15) is 13.2 Å². The van der Waals surface area contributed by atoms with Gasteiger partial charge in [-0.15, -0.1) is 0 Å². The van der Waals surface area contributed by atoms with Gasteiger partial charge in [-0.1, -0.05) is 36.8 Å². The highest BCUT2D eigenvalue weighted by atomic mass is 32.2. The maximum Gasteiger partial charge on any atom is 0.255 e. The van der Waals surface area contributed by atoms with Gasteiger partial charge in [-0.25, -0.2) is 12.7 Å². The lowest BCUT2D eigenvalue weighted by molar-refractivity contribution is 0.0547. The van der Waals surface area contributed by atoms with E-state index in [1.165, 1.54) is 41.8 Å². The SMILES string of the molecule is Cc1c(NC[C@H]2CCC[C@@H](c3ccccc3)C2)cncc1C(=O)N1CCC(N2CCC(N(C)S(C)(=O)=O)CC2)CC1. The second-order valence-electron chi connectivity index (χ2n) is 12.5. The Kier molecular flexibility index (Phi) is 9.66. The van der Waals surface area contributed by atoms with Crippen molar-refractivity contribution in [3.63, 3.8) is 0 Å². The van der Waals surface area contributed by atoms with Gasteiger partial charge in [-0.2, -0.15) is 0 Å². The van der Waals surface area contributed by atoms with Gasteiger partial charge in [0.15, 0.2) is 0 Å². The van der Waals surface area contributed by atoms with E-state index in [2.05, 4.69) is 45.5 Å². The number of carbonyl (C=O) groups is 1. The molecule has 1 aromatic heterocycles. The quantitative estimate of drug-likeness (QED) is 0.485. The molecule has 3 aliphatic rings.